The van der Waals surface area contributed by atoms with E-state index in [1.54, 1.807) is 0 Å². The summed E-state index contributed by atoms with van der Waals surface area (Å²) in [6.07, 6.45) is 1.26. The lowest BCUT2D eigenvalue weighted by Crippen LogP contribution is -2.24. The number of anilines is 1. The largest absolute Gasteiger partial charge is 0.380 e. The highest BCUT2D eigenvalue weighted by atomic mass is 79.9. The maximum Gasteiger partial charge on any atom is 0.0487 e. The van der Waals surface area contributed by atoms with Gasteiger partial charge in [-0.15, -0.1) is 0 Å². The van der Waals surface area contributed by atoms with Gasteiger partial charge in [-0.05, 0) is 46.3 Å². The molecule has 2 rings (SSSR count). The predicted octanol–water partition coefficient (Wildman–Crippen LogP) is 4.52. The zero-order valence-corrected chi connectivity index (χ0v) is 12.5. The van der Waals surface area contributed by atoms with Gasteiger partial charge < -0.3 is 5.32 Å². The molecule has 1 nitrogen and oxygen atoms in total. The van der Waals surface area contributed by atoms with Crippen molar-refractivity contribution in [2.45, 2.75) is 24.6 Å². The van der Waals surface area contributed by atoms with Gasteiger partial charge in [0.1, 0.15) is 0 Å². The van der Waals surface area contributed by atoms with Crippen LogP contribution in [0.1, 0.15) is 13.3 Å². The van der Waals surface area contributed by atoms with Crippen LogP contribution in [0.4, 0.5) is 5.69 Å². The van der Waals surface area contributed by atoms with E-state index in [4.69, 9.17) is 0 Å². The normalized spacial score (nSPS) is 25.5. The van der Waals surface area contributed by atoms with E-state index in [1.165, 1.54) is 17.9 Å². The Kier molecular flexibility index (Phi) is 4.02. The molecule has 0 radical (unpaired) electrons. The van der Waals surface area contributed by atoms with Crippen molar-refractivity contribution in [3.8, 4) is 0 Å². The molecule has 2 unspecified atom stereocenters. The summed E-state index contributed by atoms with van der Waals surface area (Å²) >= 11 is 9.08. The van der Waals surface area contributed by atoms with Crippen LogP contribution in [-0.2, 0) is 0 Å². The van der Waals surface area contributed by atoms with Gasteiger partial charge in [-0.3, -0.25) is 0 Å². The van der Waals surface area contributed by atoms with Crippen molar-refractivity contribution >= 4 is 49.3 Å². The number of hydrogen-bond acceptors (Lipinski definition) is 2. The second-order valence-corrected chi connectivity index (χ2v) is 6.99. The first kappa shape index (κ1) is 11.8. The van der Waals surface area contributed by atoms with Gasteiger partial charge in [0.2, 0.25) is 0 Å². The van der Waals surface area contributed by atoms with E-state index < -0.39 is 0 Å². The highest BCUT2D eigenvalue weighted by Crippen LogP contribution is 2.32. The molecule has 1 aliphatic heterocycles. The van der Waals surface area contributed by atoms with Crippen LogP contribution in [0.2, 0.25) is 0 Å². The van der Waals surface area contributed by atoms with Crippen molar-refractivity contribution in [1.82, 2.24) is 0 Å². The summed E-state index contributed by atoms with van der Waals surface area (Å²) in [7, 11) is 0. The number of halogens is 2. The maximum absolute atomic E-state index is 3.60. The summed E-state index contributed by atoms with van der Waals surface area (Å²) in [5.41, 5.74) is 1.19. The molecule has 1 aromatic carbocycles. The second kappa shape index (κ2) is 5.11. The third-order valence-corrected chi connectivity index (χ3v) is 5.12. The van der Waals surface area contributed by atoms with E-state index in [-0.39, 0.29) is 0 Å². The summed E-state index contributed by atoms with van der Waals surface area (Å²) in [4.78, 5) is 0. The molecule has 0 amide bonds. The molecule has 1 aliphatic rings. The molecule has 1 saturated heterocycles. The number of nitrogens with one attached hydrogen (secondary N) is 1. The zero-order valence-electron chi connectivity index (χ0n) is 8.47. The number of benzene rings is 1. The third-order valence-electron chi connectivity index (χ3n) is 2.65. The average molecular weight is 351 g/mol. The molecule has 0 aromatic heterocycles. The molecule has 0 saturated carbocycles. The maximum atomic E-state index is 3.60. The van der Waals surface area contributed by atoms with Crippen molar-refractivity contribution in [3.63, 3.8) is 0 Å². The van der Waals surface area contributed by atoms with Gasteiger partial charge in [0.15, 0.2) is 0 Å². The molecular weight excluding hydrogens is 338 g/mol. The Morgan fingerprint density at radius 2 is 2.20 bits per heavy atom. The van der Waals surface area contributed by atoms with Gasteiger partial charge in [0, 0.05) is 25.9 Å². The van der Waals surface area contributed by atoms with Crippen LogP contribution in [0.15, 0.2) is 27.1 Å². The van der Waals surface area contributed by atoms with E-state index in [0.717, 1.165) is 8.95 Å². The molecule has 0 aliphatic carbocycles. The first-order valence-corrected chi connectivity index (χ1v) is 7.63. The fourth-order valence-corrected chi connectivity index (χ4v) is 4.09. The van der Waals surface area contributed by atoms with Crippen LogP contribution < -0.4 is 5.32 Å². The van der Waals surface area contributed by atoms with Gasteiger partial charge >= 0.3 is 0 Å². The van der Waals surface area contributed by atoms with Gasteiger partial charge in [0.05, 0.1) is 0 Å². The molecule has 0 spiro atoms. The highest BCUT2D eigenvalue weighted by molar-refractivity contribution is 9.11. The van der Waals surface area contributed by atoms with Gasteiger partial charge in [-0.25, -0.2) is 0 Å². The van der Waals surface area contributed by atoms with Gasteiger partial charge in [-0.1, -0.05) is 22.9 Å². The molecule has 0 bridgehead atoms. The van der Waals surface area contributed by atoms with Crippen LogP contribution in [0.5, 0.6) is 0 Å². The minimum absolute atomic E-state index is 0.604. The number of thioether (sulfide) groups is 1. The number of rotatable bonds is 2. The topological polar surface area (TPSA) is 12.0 Å². The van der Waals surface area contributed by atoms with Gasteiger partial charge in [0.25, 0.3) is 0 Å². The molecule has 15 heavy (non-hydrogen) atoms. The average Bonchev–Trinajstić information content (AvgIpc) is 2.57. The van der Waals surface area contributed by atoms with E-state index in [2.05, 4.69) is 62.3 Å². The van der Waals surface area contributed by atoms with Crippen molar-refractivity contribution < 1.29 is 0 Å². The lowest BCUT2D eigenvalue weighted by molar-refractivity contribution is 0.724. The molecule has 4 heteroatoms. The molecular formula is C11H13Br2NS. The monoisotopic (exact) mass is 349 g/mol. The Morgan fingerprint density at radius 1 is 1.40 bits per heavy atom. The summed E-state index contributed by atoms with van der Waals surface area (Å²) in [5, 5.41) is 4.31. The fourth-order valence-electron chi connectivity index (χ4n) is 1.73. The predicted molar refractivity (Wildman–Crippen MR) is 75.8 cm³/mol. The highest BCUT2D eigenvalue weighted by Gasteiger charge is 2.23. The molecule has 1 aromatic rings. The molecule has 1 fully saturated rings. The Balaban J connectivity index is 2.10. The zero-order chi connectivity index (χ0) is 10.8. The van der Waals surface area contributed by atoms with Crippen molar-refractivity contribution in [2.75, 3.05) is 11.1 Å². The molecule has 1 N–H and O–H groups in total. The first-order valence-electron chi connectivity index (χ1n) is 5.00. The smallest absolute Gasteiger partial charge is 0.0487 e. The van der Waals surface area contributed by atoms with Crippen LogP contribution in [0, 0.1) is 0 Å². The van der Waals surface area contributed by atoms with Crippen LogP contribution in [0.3, 0.4) is 0 Å². The van der Waals surface area contributed by atoms with E-state index in [0.29, 0.717) is 11.3 Å². The summed E-state index contributed by atoms with van der Waals surface area (Å²) < 4.78 is 2.23. The Labute approximate surface area is 112 Å². The van der Waals surface area contributed by atoms with E-state index >= 15 is 0 Å². The molecule has 82 valence electrons. The van der Waals surface area contributed by atoms with E-state index in [9.17, 15) is 0 Å². The standard InChI is InChI=1S/C11H13Br2NS/c1-7-10(4-5-15-7)14-11-3-2-8(12)6-9(11)13/h2-3,6-7,10,14H,4-5H2,1H3. The van der Waals surface area contributed by atoms with Gasteiger partial charge in [-0.2, -0.15) is 11.8 Å². The Hall–Kier alpha value is 0.330. The summed E-state index contributed by atoms with van der Waals surface area (Å²) in [5.74, 6) is 1.27. The van der Waals surface area contributed by atoms with Crippen LogP contribution in [-0.4, -0.2) is 17.0 Å². The fraction of sp³-hybridized carbons (Fsp3) is 0.455. The minimum atomic E-state index is 0.604. The summed E-state index contributed by atoms with van der Waals surface area (Å²) in [6, 6.07) is 6.87. The lowest BCUT2D eigenvalue weighted by Gasteiger charge is -2.19. The quantitative estimate of drug-likeness (QED) is 0.841. The van der Waals surface area contributed by atoms with Crippen LogP contribution in [0.25, 0.3) is 0 Å². The first-order chi connectivity index (χ1) is 7.16. The molecule has 1 heterocycles. The Bertz CT molecular complexity index is 356. The second-order valence-electron chi connectivity index (χ2n) is 3.74. The van der Waals surface area contributed by atoms with Crippen molar-refractivity contribution in [1.29, 1.82) is 0 Å². The SMILES string of the molecule is CC1SCCC1Nc1ccc(Br)cc1Br. The third kappa shape index (κ3) is 2.92. The van der Waals surface area contributed by atoms with Crippen LogP contribution >= 0.6 is 43.6 Å². The van der Waals surface area contributed by atoms with Crippen molar-refractivity contribution in [2.24, 2.45) is 0 Å². The van der Waals surface area contributed by atoms with E-state index in [1.807, 2.05) is 11.8 Å². The number of hydrogen-bond donors (Lipinski definition) is 1. The van der Waals surface area contributed by atoms with Crippen molar-refractivity contribution in [3.05, 3.63) is 27.1 Å². The molecule has 2 atom stereocenters. The lowest BCUT2D eigenvalue weighted by atomic mass is 10.1. The Morgan fingerprint density at radius 3 is 2.80 bits per heavy atom. The minimum Gasteiger partial charge on any atom is -0.380 e. The summed E-state index contributed by atoms with van der Waals surface area (Å²) in [6.45, 7) is 2.29.